The summed E-state index contributed by atoms with van der Waals surface area (Å²) in [6, 6.07) is 18.1. The summed E-state index contributed by atoms with van der Waals surface area (Å²) in [5.41, 5.74) is 5.94. The Hall–Kier alpha value is -0.223. The Kier molecular flexibility index (Phi) is 8.10. The maximum absolute atomic E-state index is 6.43. The van der Waals surface area contributed by atoms with Gasteiger partial charge in [-0.3, -0.25) is 0 Å². The smallest absolute Gasteiger partial charge is 0.147 e. The van der Waals surface area contributed by atoms with Gasteiger partial charge in [0.25, 0.3) is 0 Å². The number of allylic oxidation sites excluding steroid dienone is 2. The molecule has 2 aromatic carbocycles. The summed E-state index contributed by atoms with van der Waals surface area (Å²) < 4.78 is 11.6. The van der Waals surface area contributed by atoms with E-state index < -0.39 is 25.7 Å². The molecule has 30 heavy (non-hydrogen) atoms. The van der Waals surface area contributed by atoms with E-state index in [-0.39, 0.29) is 24.8 Å². The summed E-state index contributed by atoms with van der Waals surface area (Å²) in [5, 5.41) is 0. The van der Waals surface area contributed by atoms with Crippen LogP contribution in [0.3, 0.4) is 0 Å². The van der Waals surface area contributed by atoms with Gasteiger partial charge in [-0.2, -0.15) is 0 Å². The van der Waals surface area contributed by atoms with Crippen molar-refractivity contribution in [1.29, 1.82) is 0 Å². The molecule has 0 N–H and O–H groups in total. The third kappa shape index (κ3) is 4.75. The van der Waals surface area contributed by atoms with E-state index in [0.29, 0.717) is 7.25 Å². The fourth-order valence-corrected chi connectivity index (χ4v) is 24.8. The molecule has 0 aliphatic heterocycles. The van der Waals surface area contributed by atoms with Crippen LogP contribution in [-0.2, 0) is 21.8 Å². The summed E-state index contributed by atoms with van der Waals surface area (Å²) in [4.78, 5) is 0. The monoisotopic (exact) mass is 554 g/mol. The van der Waals surface area contributed by atoms with Gasteiger partial charge < -0.3 is 0 Å². The second kappa shape index (κ2) is 9.33. The second-order valence-corrected chi connectivity index (χ2v) is 43.3. The van der Waals surface area contributed by atoms with Crippen molar-refractivity contribution in [1.82, 2.24) is 0 Å². The van der Waals surface area contributed by atoms with E-state index >= 15 is 0 Å². The molecular weight excluding hydrogens is 523 g/mol. The molecule has 162 valence electrons. The molecule has 0 fully saturated rings. The molecule has 2 aliphatic carbocycles. The largest absolute Gasteiger partial charge is 0.147 e. The first-order valence-electron chi connectivity index (χ1n) is 10.4. The molecule has 0 bridgehead atoms. The Morgan fingerprint density at radius 3 is 1.70 bits per heavy atom. The Morgan fingerprint density at radius 2 is 1.27 bits per heavy atom. The van der Waals surface area contributed by atoms with Crippen molar-refractivity contribution in [2.75, 3.05) is 6.61 Å². The molecule has 0 saturated heterocycles. The molecule has 4 rings (SSSR count). The van der Waals surface area contributed by atoms with E-state index in [2.05, 4.69) is 104 Å². The SMILES string of the molecule is C[Si](C)(C)OC[CH2][Zr]([CH3])(=[SiH2])([CH]1C=Cc2ccccc21)[CH]1C=Cc2ccccc21.Cl.Cl. The molecule has 0 spiro atoms. The summed E-state index contributed by atoms with van der Waals surface area (Å²) in [6.45, 7) is 10.2. The first kappa shape index (κ1) is 26.0. The van der Waals surface area contributed by atoms with Crippen molar-refractivity contribution in [3.63, 3.8) is 0 Å². The van der Waals surface area contributed by atoms with Gasteiger partial charge in [-0.15, -0.1) is 24.8 Å². The van der Waals surface area contributed by atoms with E-state index in [9.17, 15) is 0 Å². The van der Waals surface area contributed by atoms with Crippen LogP contribution < -0.4 is 0 Å². The fraction of sp³-hybridized carbons (Fsp3) is 0.333. The van der Waals surface area contributed by atoms with E-state index in [0.717, 1.165) is 6.61 Å². The zero-order valence-electron chi connectivity index (χ0n) is 18.4. The third-order valence-electron chi connectivity index (χ3n) is 6.81. The van der Waals surface area contributed by atoms with Crippen LogP contribution in [0.2, 0.25) is 28.4 Å². The minimum atomic E-state index is -3.37. The van der Waals surface area contributed by atoms with Gasteiger partial charge in [0.1, 0.15) is 0 Å². The summed E-state index contributed by atoms with van der Waals surface area (Å²) >= 11 is -3.37. The summed E-state index contributed by atoms with van der Waals surface area (Å²) in [5.74, 6) is 0. The Labute approximate surface area is 197 Å². The van der Waals surface area contributed by atoms with Crippen LogP contribution in [0.25, 0.3) is 12.2 Å². The van der Waals surface area contributed by atoms with E-state index in [1.165, 1.54) is 15.3 Å². The molecule has 0 amide bonds. The molecule has 2 aromatic rings. The fourth-order valence-electron chi connectivity index (χ4n) is 5.16. The van der Waals surface area contributed by atoms with Crippen LogP contribution in [0.4, 0.5) is 0 Å². The van der Waals surface area contributed by atoms with Gasteiger partial charge in [0.15, 0.2) is 0 Å². The van der Waals surface area contributed by atoms with Crippen LogP contribution in [0.5, 0.6) is 0 Å². The molecule has 1 nitrogen and oxygen atoms in total. The van der Waals surface area contributed by atoms with E-state index in [1.807, 2.05) is 0 Å². The van der Waals surface area contributed by atoms with Crippen LogP contribution in [0.15, 0.2) is 60.7 Å². The topological polar surface area (TPSA) is 9.23 Å². The maximum atomic E-state index is 6.43. The molecular formula is C24H34Cl2OSi2Zr. The minimum absolute atomic E-state index is 0. The quantitative estimate of drug-likeness (QED) is 0.351. The van der Waals surface area contributed by atoms with E-state index in [4.69, 9.17) is 4.43 Å². The molecule has 2 atom stereocenters. The number of benzene rings is 2. The minimum Gasteiger partial charge on any atom is -0.147 e. The average molecular weight is 557 g/mol. The maximum Gasteiger partial charge on any atom is -0.147 e. The molecule has 0 heterocycles. The molecule has 2 aliphatic rings. The molecule has 6 heteroatoms. The van der Waals surface area contributed by atoms with Gasteiger partial charge in [-0.05, 0) is 0 Å². The van der Waals surface area contributed by atoms with Crippen molar-refractivity contribution in [2.24, 2.45) is 0 Å². The van der Waals surface area contributed by atoms with Gasteiger partial charge in [0.05, 0.1) is 0 Å². The predicted molar refractivity (Wildman–Crippen MR) is 139 cm³/mol. The zero-order valence-corrected chi connectivity index (χ0v) is 24.9. The predicted octanol–water partition coefficient (Wildman–Crippen LogP) is 6.92. The van der Waals surface area contributed by atoms with Crippen molar-refractivity contribution < 1.29 is 21.8 Å². The zero-order chi connectivity index (χ0) is 20.0. The first-order valence-corrected chi connectivity index (χ1v) is 26.8. The van der Waals surface area contributed by atoms with Crippen molar-refractivity contribution in [3.05, 3.63) is 82.9 Å². The molecule has 2 unspecified atom stereocenters. The summed E-state index contributed by atoms with van der Waals surface area (Å²) in [6.07, 6.45) is 9.81. The Bertz CT molecular complexity index is 974. The molecule has 0 aromatic heterocycles. The first-order chi connectivity index (χ1) is 13.2. The molecule has 0 saturated carbocycles. The van der Waals surface area contributed by atoms with Gasteiger partial charge in [0.2, 0.25) is 0 Å². The number of hydrogen-bond acceptors (Lipinski definition) is 1. The van der Waals surface area contributed by atoms with E-state index in [1.54, 1.807) is 11.1 Å². The number of rotatable bonds is 6. The molecule has 0 radical (unpaired) electrons. The second-order valence-electron chi connectivity index (χ2n) is 10.2. The van der Waals surface area contributed by atoms with Crippen molar-refractivity contribution >= 4 is 52.2 Å². The average Bonchev–Trinajstić information content (AvgIpc) is 3.26. The standard InChI is InChI=1S/2C9H7.C5H13OSi.CH3.2ClH.H2Si.Zr/c2*1-2-5-9-7-3-6-8(9)4-1;1-5-6-7(2,3)4;;;;;/h2*1-7H;1,5H2,2-4H3;1H3;2*1H;1H2;. The Morgan fingerprint density at radius 1 is 0.833 bits per heavy atom. The number of hydrogen-bond donors (Lipinski definition) is 0. The number of halogens is 2. The third-order valence-corrected chi connectivity index (χ3v) is 30.8. The summed E-state index contributed by atoms with van der Waals surface area (Å²) in [7, 11) is -1.51. The Balaban J connectivity index is 0.00000160. The van der Waals surface area contributed by atoms with Gasteiger partial charge in [0, 0.05) is 0 Å². The van der Waals surface area contributed by atoms with Gasteiger partial charge >= 0.3 is 174 Å². The van der Waals surface area contributed by atoms with Crippen LogP contribution in [0, 0.1) is 0 Å². The van der Waals surface area contributed by atoms with Crippen LogP contribution in [0.1, 0.15) is 29.5 Å². The van der Waals surface area contributed by atoms with Crippen LogP contribution in [-0.4, -0.2) is 21.8 Å². The van der Waals surface area contributed by atoms with Crippen molar-refractivity contribution in [2.45, 2.75) is 35.7 Å². The van der Waals surface area contributed by atoms with Gasteiger partial charge in [-0.25, -0.2) is 0 Å². The number of fused-ring (bicyclic) bond motifs is 2. The van der Waals surface area contributed by atoms with Crippen LogP contribution >= 0.6 is 24.8 Å². The van der Waals surface area contributed by atoms with Gasteiger partial charge in [-0.1, -0.05) is 0 Å². The van der Waals surface area contributed by atoms with Crippen molar-refractivity contribution in [3.8, 4) is 0 Å². The normalized spacial score (nSPS) is 19.6.